The maximum Gasteiger partial charge on any atom is 0.223 e. The predicted molar refractivity (Wildman–Crippen MR) is 100 cm³/mol. The van der Waals surface area contributed by atoms with E-state index in [-0.39, 0.29) is 22.4 Å². The Kier molecular flexibility index (Phi) is 3.61. The van der Waals surface area contributed by atoms with Gasteiger partial charge in [0.05, 0.1) is 5.70 Å². The van der Waals surface area contributed by atoms with E-state index in [1.165, 1.54) is 11.6 Å². The summed E-state index contributed by atoms with van der Waals surface area (Å²) in [6.45, 7) is 11.2. The molecule has 2 fully saturated rings. The first-order valence-electron chi connectivity index (χ1n) is 9.79. The zero-order chi connectivity index (χ0) is 18.9. The number of carbonyl (C=O) groups excluding carboxylic acids is 2. The third-order valence-electron chi connectivity index (χ3n) is 8.15. The molecule has 0 saturated heterocycles. The van der Waals surface area contributed by atoms with Crippen molar-refractivity contribution in [3.63, 3.8) is 0 Å². The summed E-state index contributed by atoms with van der Waals surface area (Å²) in [6, 6.07) is 0. The van der Waals surface area contributed by atoms with Crippen molar-refractivity contribution in [2.45, 2.75) is 64.9 Å². The number of likely N-dealkylation sites (N-methyl/N-ethyl adjacent to an activating group) is 1. The Hall–Kier alpha value is -1.84. The summed E-state index contributed by atoms with van der Waals surface area (Å²) in [4.78, 5) is 25.7. The first kappa shape index (κ1) is 17.6. The summed E-state index contributed by atoms with van der Waals surface area (Å²) in [5, 5.41) is 2.87. The van der Waals surface area contributed by atoms with Crippen LogP contribution in [0.1, 0.15) is 59.3 Å². The quantitative estimate of drug-likeness (QED) is 0.574. The Labute approximate surface area is 155 Å². The van der Waals surface area contributed by atoms with Gasteiger partial charge in [-0.15, -0.1) is 0 Å². The molecule has 4 atom stereocenters. The van der Waals surface area contributed by atoms with E-state index in [0.717, 1.165) is 32.1 Å². The summed E-state index contributed by atoms with van der Waals surface area (Å²) in [7, 11) is 1.68. The van der Waals surface area contributed by atoms with Crippen LogP contribution >= 0.6 is 0 Å². The topological polar surface area (TPSA) is 55.4 Å². The normalized spacial score (nSPS) is 42.4. The number of allylic oxidation sites excluding steroid dienone is 2. The zero-order valence-electron chi connectivity index (χ0n) is 16.3. The van der Waals surface area contributed by atoms with E-state index in [4.69, 9.17) is 4.74 Å². The predicted octanol–water partition coefficient (Wildman–Crippen LogP) is 3.84. The second-order valence-electron chi connectivity index (χ2n) is 9.06. The molecule has 0 aromatic rings. The Morgan fingerprint density at radius 2 is 2.00 bits per heavy atom. The van der Waals surface area contributed by atoms with Crippen LogP contribution in [0.5, 0.6) is 0 Å². The van der Waals surface area contributed by atoms with Crippen molar-refractivity contribution < 1.29 is 14.3 Å². The molecule has 2 saturated carbocycles. The van der Waals surface area contributed by atoms with Crippen LogP contribution < -0.4 is 5.32 Å². The van der Waals surface area contributed by atoms with Crippen molar-refractivity contribution in [1.29, 1.82) is 0 Å². The van der Waals surface area contributed by atoms with Crippen LogP contribution in [-0.4, -0.2) is 24.2 Å². The highest BCUT2D eigenvalue weighted by Gasteiger charge is 2.69. The van der Waals surface area contributed by atoms with E-state index in [0.29, 0.717) is 29.4 Å². The van der Waals surface area contributed by atoms with Crippen LogP contribution in [0.25, 0.3) is 0 Å². The van der Waals surface area contributed by atoms with Gasteiger partial charge in [-0.05, 0) is 44.4 Å². The molecule has 4 aliphatic rings. The minimum Gasteiger partial charge on any atom is -0.481 e. The third-order valence-corrected chi connectivity index (χ3v) is 8.15. The molecule has 4 nitrogen and oxygen atoms in total. The number of nitrogens with one attached hydrogen (secondary N) is 1. The molecule has 0 aromatic carbocycles. The lowest BCUT2D eigenvalue weighted by molar-refractivity contribution is -0.231. The van der Waals surface area contributed by atoms with E-state index in [9.17, 15) is 9.59 Å². The first-order valence-corrected chi connectivity index (χ1v) is 9.79. The summed E-state index contributed by atoms with van der Waals surface area (Å²) < 4.78 is 6.68. The van der Waals surface area contributed by atoms with Crippen LogP contribution in [-0.2, 0) is 14.3 Å². The van der Waals surface area contributed by atoms with Gasteiger partial charge < -0.3 is 10.1 Å². The Morgan fingerprint density at radius 3 is 2.69 bits per heavy atom. The smallest absolute Gasteiger partial charge is 0.223 e. The number of Topliss-reactive ketones (excluding diaryl/α,β-unsaturated/α-hetero) is 1. The molecule has 4 unspecified atom stereocenters. The molecule has 1 aliphatic heterocycles. The Balaban J connectivity index is 1.91. The lowest BCUT2D eigenvalue weighted by Crippen LogP contribution is -2.68. The maximum absolute atomic E-state index is 12.9. The zero-order valence-corrected chi connectivity index (χ0v) is 16.3. The maximum atomic E-state index is 12.9. The highest BCUT2D eigenvalue weighted by molar-refractivity contribution is 6.21. The van der Waals surface area contributed by atoms with Gasteiger partial charge in [-0.2, -0.15) is 0 Å². The fraction of sp³-hybridized carbons (Fsp3) is 0.636. The molecule has 0 bridgehead atoms. The van der Waals surface area contributed by atoms with Crippen LogP contribution in [0.3, 0.4) is 0 Å². The molecule has 0 aromatic heterocycles. The van der Waals surface area contributed by atoms with E-state index >= 15 is 0 Å². The second-order valence-corrected chi connectivity index (χ2v) is 9.06. The average molecular weight is 355 g/mol. The molecule has 4 rings (SSSR count). The van der Waals surface area contributed by atoms with Gasteiger partial charge in [-0.25, -0.2) is 0 Å². The summed E-state index contributed by atoms with van der Waals surface area (Å²) in [5.74, 6) is 0.438. The molecule has 0 radical (unpaired) electrons. The van der Waals surface area contributed by atoms with E-state index < -0.39 is 5.60 Å². The number of hydrogen-bond acceptors (Lipinski definition) is 4. The largest absolute Gasteiger partial charge is 0.481 e. The van der Waals surface area contributed by atoms with Crippen molar-refractivity contribution in [2.24, 2.45) is 16.7 Å². The number of rotatable bonds is 1. The van der Waals surface area contributed by atoms with Crippen LogP contribution in [0.2, 0.25) is 0 Å². The highest BCUT2D eigenvalue weighted by Crippen LogP contribution is 2.69. The summed E-state index contributed by atoms with van der Waals surface area (Å²) in [5.41, 5.74) is 1.38. The first-order chi connectivity index (χ1) is 12.2. The van der Waals surface area contributed by atoms with Gasteiger partial charge in [-0.1, -0.05) is 32.9 Å². The molecular formula is C22H29NO3. The fourth-order valence-corrected chi connectivity index (χ4v) is 6.18. The molecule has 140 valence electrons. The monoisotopic (exact) mass is 355 g/mol. The van der Waals surface area contributed by atoms with E-state index in [2.05, 4.69) is 32.7 Å². The number of ketones is 2. The second kappa shape index (κ2) is 5.34. The van der Waals surface area contributed by atoms with Gasteiger partial charge in [0.15, 0.2) is 5.76 Å². The van der Waals surface area contributed by atoms with Gasteiger partial charge >= 0.3 is 0 Å². The van der Waals surface area contributed by atoms with Gasteiger partial charge in [0.1, 0.15) is 5.60 Å². The molecule has 0 amide bonds. The SMILES string of the molecule is C=C1CCCC23OC4=C(CC2(C)C(C)CCC13C)C(=O)C(NC)=CC4=O. The highest BCUT2D eigenvalue weighted by atomic mass is 16.5. The molecule has 1 heterocycles. The lowest BCUT2D eigenvalue weighted by Gasteiger charge is -2.67. The van der Waals surface area contributed by atoms with E-state index in [1.807, 2.05) is 0 Å². The average Bonchev–Trinajstić information content (AvgIpc) is 2.61. The van der Waals surface area contributed by atoms with Crippen molar-refractivity contribution in [3.05, 3.63) is 35.3 Å². The van der Waals surface area contributed by atoms with Crippen LogP contribution in [0, 0.1) is 16.7 Å². The summed E-state index contributed by atoms with van der Waals surface area (Å²) >= 11 is 0. The Morgan fingerprint density at radius 1 is 1.27 bits per heavy atom. The Bertz CT molecular complexity index is 791. The number of hydrogen-bond donors (Lipinski definition) is 1. The number of carbonyl (C=O) groups is 2. The number of ether oxygens (including phenoxy) is 1. The van der Waals surface area contributed by atoms with Crippen molar-refractivity contribution in [2.75, 3.05) is 7.05 Å². The van der Waals surface area contributed by atoms with Crippen molar-refractivity contribution in [1.82, 2.24) is 5.32 Å². The minimum atomic E-state index is -0.452. The van der Waals surface area contributed by atoms with Crippen LogP contribution in [0.4, 0.5) is 0 Å². The molecule has 1 spiro atoms. The van der Waals surface area contributed by atoms with Gasteiger partial charge in [0.25, 0.3) is 0 Å². The third kappa shape index (κ3) is 1.85. The lowest BCUT2D eigenvalue weighted by atomic mass is 9.42. The minimum absolute atomic E-state index is 0.0905. The molecule has 1 N–H and O–H groups in total. The molecule has 4 heteroatoms. The molecule has 26 heavy (non-hydrogen) atoms. The van der Waals surface area contributed by atoms with Gasteiger partial charge in [0, 0.05) is 29.5 Å². The van der Waals surface area contributed by atoms with Crippen molar-refractivity contribution >= 4 is 11.6 Å². The van der Waals surface area contributed by atoms with Crippen LogP contribution in [0.15, 0.2) is 35.3 Å². The van der Waals surface area contributed by atoms with Gasteiger partial charge in [-0.3, -0.25) is 9.59 Å². The van der Waals surface area contributed by atoms with Crippen molar-refractivity contribution in [3.8, 4) is 0 Å². The van der Waals surface area contributed by atoms with Gasteiger partial charge in [0.2, 0.25) is 11.6 Å². The standard InChI is InChI=1S/C22H29NO3/c1-13-7-6-9-22-20(13,3)10-8-14(2)21(22,4)12-15-18(25)16(23-5)11-17(24)19(15)26-22/h11,14,23H,1,6-10,12H2,2-5H3. The molecule has 3 aliphatic carbocycles. The summed E-state index contributed by atoms with van der Waals surface area (Å²) in [6.07, 6.45) is 7.09. The molecular weight excluding hydrogens is 326 g/mol. The fourth-order valence-electron chi connectivity index (χ4n) is 6.18. The van der Waals surface area contributed by atoms with E-state index in [1.54, 1.807) is 7.05 Å².